The molecule has 104 valence electrons. The maximum Gasteiger partial charge on any atom is 0.292 e. The van der Waals surface area contributed by atoms with Crippen LogP contribution in [0.2, 0.25) is 0 Å². The Labute approximate surface area is 112 Å². The van der Waals surface area contributed by atoms with Crippen molar-refractivity contribution in [3.8, 4) is 0 Å². The topological polar surface area (TPSA) is 55.6 Å². The lowest BCUT2D eigenvalue weighted by atomic mass is 9.76. The molecule has 0 radical (unpaired) electrons. The standard InChI is InChI=1S/C14H20N2O3/c1-10-7-13(19-15-10)14(17)16-5-6-18-9-12(8-16)11-3-2-4-11/h7,11-12H,2-6,8-9H2,1H3. The predicted molar refractivity (Wildman–Crippen MR) is 68.8 cm³/mol. The Kier molecular flexibility index (Phi) is 3.55. The summed E-state index contributed by atoms with van der Waals surface area (Å²) < 4.78 is 10.7. The number of ether oxygens (including phenoxy) is 1. The number of carbonyl (C=O) groups is 1. The first-order chi connectivity index (χ1) is 9.24. The number of aryl methyl sites for hydroxylation is 1. The van der Waals surface area contributed by atoms with E-state index in [1.165, 1.54) is 19.3 Å². The molecule has 1 saturated heterocycles. The summed E-state index contributed by atoms with van der Waals surface area (Å²) in [6.45, 7) is 4.64. The van der Waals surface area contributed by atoms with E-state index in [9.17, 15) is 4.79 Å². The molecule has 1 amide bonds. The average Bonchev–Trinajstić information content (AvgIpc) is 2.62. The minimum atomic E-state index is -0.0598. The maximum atomic E-state index is 12.4. The highest BCUT2D eigenvalue weighted by molar-refractivity contribution is 5.91. The Balaban J connectivity index is 1.69. The van der Waals surface area contributed by atoms with Crippen LogP contribution in [0.25, 0.3) is 0 Å². The largest absolute Gasteiger partial charge is 0.379 e. The molecule has 1 aromatic rings. The number of nitrogens with zero attached hydrogens (tertiary/aromatic N) is 2. The van der Waals surface area contributed by atoms with Crippen LogP contribution in [0.5, 0.6) is 0 Å². The van der Waals surface area contributed by atoms with E-state index in [1.54, 1.807) is 6.07 Å². The van der Waals surface area contributed by atoms with Crippen molar-refractivity contribution in [1.29, 1.82) is 0 Å². The first-order valence-corrected chi connectivity index (χ1v) is 7.04. The van der Waals surface area contributed by atoms with Crippen LogP contribution in [-0.2, 0) is 4.74 Å². The molecule has 2 aliphatic rings. The van der Waals surface area contributed by atoms with Crippen molar-refractivity contribution in [3.05, 3.63) is 17.5 Å². The molecule has 0 N–H and O–H groups in total. The number of rotatable bonds is 2. The summed E-state index contributed by atoms with van der Waals surface area (Å²) >= 11 is 0. The SMILES string of the molecule is Cc1cc(C(=O)N2CCOCC(C3CCC3)C2)on1. The Morgan fingerprint density at radius 1 is 1.42 bits per heavy atom. The second kappa shape index (κ2) is 5.33. The fraction of sp³-hybridized carbons (Fsp3) is 0.714. The van der Waals surface area contributed by atoms with Crippen LogP contribution in [-0.4, -0.2) is 42.3 Å². The zero-order valence-corrected chi connectivity index (χ0v) is 11.3. The van der Waals surface area contributed by atoms with Crippen molar-refractivity contribution in [3.63, 3.8) is 0 Å². The minimum absolute atomic E-state index is 0.0598. The smallest absolute Gasteiger partial charge is 0.292 e. The molecular weight excluding hydrogens is 244 g/mol. The molecule has 1 aliphatic heterocycles. The molecule has 3 rings (SSSR count). The highest BCUT2D eigenvalue weighted by Crippen LogP contribution is 2.34. The molecule has 5 nitrogen and oxygen atoms in total. The van der Waals surface area contributed by atoms with E-state index in [0.29, 0.717) is 24.8 Å². The van der Waals surface area contributed by atoms with Crippen molar-refractivity contribution < 1.29 is 14.1 Å². The third kappa shape index (κ3) is 2.66. The molecule has 0 aromatic carbocycles. The van der Waals surface area contributed by atoms with Crippen LogP contribution >= 0.6 is 0 Å². The zero-order chi connectivity index (χ0) is 13.2. The molecule has 2 fully saturated rings. The number of amides is 1. The van der Waals surface area contributed by atoms with Crippen LogP contribution in [0.4, 0.5) is 0 Å². The van der Waals surface area contributed by atoms with Crippen LogP contribution < -0.4 is 0 Å². The Morgan fingerprint density at radius 2 is 2.26 bits per heavy atom. The van der Waals surface area contributed by atoms with Gasteiger partial charge in [0.05, 0.1) is 18.9 Å². The van der Waals surface area contributed by atoms with Gasteiger partial charge in [0.2, 0.25) is 5.76 Å². The van der Waals surface area contributed by atoms with E-state index < -0.39 is 0 Å². The fourth-order valence-corrected chi connectivity index (χ4v) is 2.84. The lowest BCUT2D eigenvalue weighted by Crippen LogP contribution is -2.39. The van der Waals surface area contributed by atoms with E-state index in [-0.39, 0.29) is 5.91 Å². The van der Waals surface area contributed by atoms with E-state index in [1.807, 2.05) is 11.8 Å². The molecule has 1 unspecified atom stereocenters. The molecule has 0 spiro atoms. The highest BCUT2D eigenvalue weighted by atomic mass is 16.5. The maximum absolute atomic E-state index is 12.4. The minimum Gasteiger partial charge on any atom is -0.379 e. The second-order valence-corrected chi connectivity index (χ2v) is 5.61. The molecule has 0 bridgehead atoms. The summed E-state index contributed by atoms with van der Waals surface area (Å²) in [6, 6.07) is 1.70. The van der Waals surface area contributed by atoms with Gasteiger partial charge in [-0.1, -0.05) is 24.4 Å². The third-order valence-corrected chi connectivity index (χ3v) is 4.23. The van der Waals surface area contributed by atoms with E-state index in [2.05, 4.69) is 5.16 Å². The second-order valence-electron chi connectivity index (χ2n) is 5.61. The summed E-state index contributed by atoms with van der Waals surface area (Å²) in [5.74, 6) is 1.48. The molecule has 1 aliphatic carbocycles. The van der Waals surface area contributed by atoms with Gasteiger partial charge in [0.15, 0.2) is 0 Å². The van der Waals surface area contributed by atoms with Gasteiger partial charge >= 0.3 is 0 Å². The van der Waals surface area contributed by atoms with Crippen molar-refractivity contribution in [2.24, 2.45) is 11.8 Å². The van der Waals surface area contributed by atoms with Crippen molar-refractivity contribution in [1.82, 2.24) is 10.1 Å². The van der Waals surface area contributed by atoms with E-state index in [0.717, 1.165) is 24.8 Å². The van der Waals surface area contributed by atoms with Crippen molar-refractivity contribution in [2.75, 3.05) is 26.3 Å². The zero-order valence-electron chi connectivity index (χ0n) is 11.3. The molecule has 2 heterocycles. The number of hydrogen-bond acceptors (Lipinski definition) is 4. The number of carbonyl (C=O) groups excluding carboxylic acids is 1. The monoisotopic (exact) mass is 264 g/mol. The van der Waals surface area contributed by atoms with Gasteiger partial charge in [0, 0.05) is 25.1 Å². The molecule has 19 heavy (non-hydrogen) atoms. The quantitative estimate of drug-likeness (QED) is 0.818. The summed E-state index contributed by atoms with van der Waals surface area (Å²) in [5, 5.41) is 3.78. The fourth-order valence-electron chi connectivity index (χ4n) is 2.84. The van der Waals surface area contributed by atoms with Crippen LogP contribution in [0.1, 0.15) is 35.5 Å². The van der Waals surface area contributed by atoms with Crippen LogP contribution in [0.3, 0.4) is 0 Å². The third-order valence-electron chi connectivity index (χ3n) is 4.23. The molecule has 1 atom stereocenters. The molecule has 1 aromatic heterocycles. The Hall–Kier alpha value is -1.36. The van der Waals surface area contributed by atoms with Gasteiger partial charge < -0.3 is 14.2 Å². The lowest BCUT2D eigenvalue weighted by molar-refractivity contribution is 0.0654. The van der Waals surface area contributed by atoms with Gasteiger partial charge in [-0.25, -0.2) is 0 Å². The van der Waals surface area contributed by atoms with Gasteiger partial charge in [0.25, 0.3) is 5.91 Å². The van der Waals surface area contributed by atoms with Gasteiger partial charge in [-0.05, 0) is 12.8 Å². The summed E-state index contributed by atoms with van der Waals surface area (Å²) in [4.78, 5) is 14.2. The van der Waals surface area contributed by atoms with Gasteiger partial charge in [0.1, 0.15) is 0 Å². The van der Waals surface area contributed by atoms with Gasteiger partial charge in [-0.3, -0.25) is 4.79 Å². The molecule has 1 saturated carbocycles. The van der Waals surface area contributed by atoms with Crippen molar-refractivity contribution >= 4 is 5.91 Å². The van der Waals surface area contributed by atoms with Gasteiger partial charge in [-0.2, -0.15) is 0 Å². The summed E-state index contributed by atoms with van der Waals surface area (Å²) in [5.41, 5.74) is 0.741. The highest BCUT2D eigenvalue weighted by Gasteiger charge is 2.32. The van der Waals surface area contributed by atoms with Crippen LogP contribution in [0, 0.1) is 18.8 Å². The van der Waals surface area contributed by atoms with E-state index >= 15 is 0 Å². The summed E-state index contributed by atoms with van der Waals surface area (Å²) in [6.07, 6.45) is 3.87. The first-order valence-electron chi connectivity index (χ1n) is 7.04. The van der Waals surface area contributed by atoms with Crippen molar-refractivity contribution in [2.45, 2.75) is 26.2 Å². The average molecular weight is 264 g/mol. The predicted octanol–water partition coefficient (Wildman–Crippen LogP) is 1.87. The molecular formula is C14H20N2O3. The summed E-state index contributed by atoms with van der Waals surface area (Å²) in [7, 11) is 0. The lowest BCUT2D eigenvalue weighted by Gasteiger charge is -2.34. The van der Waals surface area contributed by atoms with Gasteiger partial charge in [-0.15, -0.1) is 0 Å². The Bertz CT molecular complexity index is 453. The Morgan fingerprint density at radius 3 is 2.89 bits per heavy atom. The first kappa shape index (κ1) is 12.7. The van der Waals surface area contributed by atoms with E-state index in [4.69, 9.17) is 9.26 Å². The number of aromatic nitrogens is 1. The normalized spacial score (nSPS) is 24.9. The van der Waals surface area contributed by atoms with Crippen LogP contribution in [0.15, 0.2) is 10.6 Å². The molecule has 5 heteroatoms. The number of hydrogen-bond donors (Lipinski definition) is 0.